The molecule has 1 aliphatic heterocycles. The molecule has 2 aromatic rings. The smallest absolute Gasteiger partial charge is 0.407 e. The number of fused-ring (bicyclic) bond motifs is 1. The Kier molecular flexibility index (Phi) is 9.18. The molecule has 1 aliphatic rings. The van der Waals surface area contributed by atoms with E-state index in [1.54, 1.807) is 20.8 Å². The third kappa shape index (κ3) is 9.27. The normalized spacial score (nSPS) is 17.4. The minimum Gasteiger partial charge on any atom is -0.493 e. The molecule has 0 radical (unpaired) electrons. The summed E-state index contributed by atoms with van der Waals surface area (Å²) in [7, 11) is 0. The van der Waals surface area contributed by atoms with Crippen molar-refractivity contribution in [3.05, 3.63) is 64.7 Å². The summed E-state index contributed by atoms with van der Waals surface area (Å²) in [6.45, 7) is 12.5. The molecule has 3 unspecified atom stereocenters. The largest absolute Gasteiger partial charge is 0.493 e. The van der Waals surface area contributed by atoms with Gasteiger partial charge in [-0.3, -0.25) is 0 Å². The van der Waals surface area contributed by atoms with Gasteiger partial charge in [0.05, 0.1) is 18.8 Å². The van der Waals surface area contributed by atoms with Crippen LogP contribution < -0.4 is 15.4 Å². The maximum Gasteiger partial charge on any atom is 0.407 e. The predicted molar refractivity (Wildman–Crippen MR) is 140 cm³/mol. The highest BCUT2D eigenvalue weighted by Crippen LogP contribution is 2.34. The number of carbonyl (C=O) groups excluding carboxylic acids is 1. The lowest BCUT2D eigenvalue weighted by Gasteiger charge is -2.31. The summed E-state index contributed by atoms with van der Waals surface area (Å²) in [6.07, 6.45) is -0.101. The molecule has 0 aliphatic carbocycles. The SMILES string of the molecule is CC(C)(C)Cc1ccc2c(c1)C(NCC(O)C(Cc1cc(F)cc(F)c1)NC(=O)OC(C)(C)C)CCO2. The van der Waals surface area contributed by atoms with Gasteiger partial charge in [0.15, 0.2) is 0 Å². The first kappa shape index (κ1) is 28.9. The van der Waals surface area contributed by atoms with Crippen molar-refractivity contribution in [2.24, 2.45) is 5.41 Å². The molecule has 3 N–H and O–H groups in total. The number of hydrogen-bond donors (Lipinski definition) is 3. The standard InChI is InChI=1S/C29H40F2N2O4/c1-28(2,3)16-18-7-8-26-22(13-18)23(9-10-36-26)32-17-25(34)24(33-27(35)37-29(4,5)6)14-19-11-20(30)15-21(31)12-19/h7-8,11-13,15,23-25,32,34H,9-10,14,16-17H2,1-6H3,(H,33,35). The number of aliphatic hydroxyl groups excluding tert-OH is 1. The lowest BCUT2D eigenvalue weighted by Crippen LogP contribution is -2.50. The average Bonchev–Trinajstić information content (AvgIpc) is 2.74. The van der Waals surface area contributed by atoms with Crippen molar-refractivity contribution in [1.29, 1.82) is 0 Å². The second kappa shape index (κ2) is 11.8. The monoisotopic (exact) mass is 518 g/mol. The molecule has 0 fully saturated rings. The number of amides is 1. The van der Waals surface area contributed by atoms with Gasteiger partial charge in [-0.15, -0.1) is 0 Å². The zero-order chi connectivity index (χ0) is 27.4. The molecule has 8 heteroatoms. The van der Waals surface area contributed by atoms with Gasteiger partial charge in [0.2, 0.25) is 0 Å². The lowest BCUT2D eigenvalue weighted by atomic mass is 9.86. The van der Waals surface area contributed by atoms with Crippen molar-refractivity contribution >= 4 is 6.09 Å². The van der Waals surface area contributed by atoms with E-state index < -0.39 is 35.5 Å². The second-order valence-electron chi connectivity index (χ2n) is 12.0. The van der Waals surface area contributed by atoms with Crippen molar-refractivity contribution in [1.82, 2.24) is 10.6 Å². The highest BCUT2D eigenvalue weighted by atomic mass is 19.1. The predicted octanol–water partition coefficient (Wildman–Crippen LogP) is 5.46. The number of carbonyl (C=O) groups is 1. The molecule has 3 rings (SSSR count). The van der Waals surface area contributed by atoms with E-state index in [-0.39, 0.29) is 24.4 Å². The Morgan fingerprint density at radius 1 is 1.08 bits per heavy atom. The number of nitrogens with one attached hydrogen (secondary N) is 2. The summed E-state index contributed by atoms with van der Waals surface area (Å²) < 4.78 is 38.8. The molecule has 0 saturated heterocycles. The van der Waals surface area contributed by atoms with Gasteiger partial charge in [-0.2, -0.15) is 0 Å². The van der Waals surface area contributed by atoms with Crippen molar-refractivity contribution in [3.63, 3.8) is 0 Å². The average molecular weight is 519 g/mol. The maximum absolute atomic E-state index is 13.8. The Morgan fingerprint density at radius 3 is 2.38 bits per heavy atom. The number of benzene rings is 2. The zero-order valence-corrected chi connectivity index (χ0v) is 22.7. The van der Waals surface area contributed by atoms with Crippen molar-refractivity contribution in [2.75, 3.05) is 13.2 Å². The van der Waals surface area contributed by atoms with Gasteiger partial charge in [-0.25, -0.2) is 13.6 Å². The molecule has 37 heavy (non-hydrogen) atoms. The van der Waals surface area contributed by atoms with E-state index in [9.17, 15) is 18.7 Å². The second-order valence-corrected chi connectivity index (χ2v) is 12.0. The van der Waals surface area contributed by atoms with E-state index in [4.69, 9.17) is 9.47 Å². The van der Waals surface area contributed by atoms with E-state index in [2.05, 4.69) is 43.5 Å². The van der Waals surface area contributed by atoms with Crippen LogP contribution >= 0.6 is 0 Å². The molecule has 6 nitrogen and oxygen atoms in total. The fourth-order valence-electron chi connectivity index (χ4n) is 4.51. The van der Waals surface area contributed by atoms with Gasteiger partial charge in [0.25, 0.3) is 0 Å². The Morgan fingerprint density at radius 2 is 1.76 bits per heavy atom. The minimum atomic E-state index is -1.05. The van der Waals surface area contributed by atoms with Crippen LogP contribution in [0, 0.1) is 17.0 Å². The summed E-state index contributed by atoms with van der Waals surface area (Å²) in [6, 6.07) is 8.51. The molecule has 1 amide bonds. The first-order chi connectivity index (χ1) is 17.2. The van der Waals surface area contributed by atoms with Crippen molar-refractivity contribution in [2.45, 2.75) is 84.6 Å². The topological polar surface area (TPSA) is 79.8 Å². The minimum absolute atomic E-state index is 0.0247. The highest BCUT2D eigenvalue weighted by molar-refractivity contribution is 5.68. The molecule has 2 aromatic carbocycles. The van der Waals surface area contributed by atoms with E-state index in [0.29, 0.717) is 12.2 Å². The lowest BCUT2D eigenvalue weighted by molar-refractivity contribution is 0.0418. The summed E-state index contributed by atoms with van der Waals surface area (Å²) in [5.74, 6) is -0.624. The third-order valence-electron chi connectivity index (χ3n) is 5.97. The molecular weight excluding hydrogens is 478 g/mol. The Labute approximate surface area is 218 Å². The van der Waals surface area contributed by atoms with Crippen LogP contribution in [0.1, 0.15) is 70.7 Å². The van der Waals surface area contributed by atoms with Gasteiger partial charge < -0.3 is 25.2 Å². The van der Waals surface area contributed by atoms with Crippen molar-refractivity contribution < 1.29 is 28.2 Å². The van der Waals surface area contributed by atoms with Gasteiger partial charge in [-0.1, -0.05) is 32.9 Å². The number of rotatable bonds is 8. The van der Waals surface area contributed by atoms with Crippen LogP contribution in [0.2, 0.25) is 0 Å². The van der Waals surface area contributed by atoms with Crippen LogP contribution in [0.4, 0.5) is 13.6 Å². The van der Waals surface area contributed by atoms with E-state index in [0.717, 1.165) is 30.2 Å². The van der Waals surface area contributed by atoms with Gasteiger partial charge >= 0.3 is 6.09 Å². The quantitative estimate of drug-likeness (QED) is 0.432. The molecule has 0 bridgehead atoms. The summed E-state index contributed by atoms with van der Waals surface area (Å²) in [4.78, 5) is 12.5. The zero-order valence-electron chi connectivity index (χ0n) is 22.7. The Bertz CT molecular complexity index is 1060. The van der Waals surface area contributed by atoms with Crippen LogP contribution in [0.5, 0.6) is 5.75 Å². The fraction of sp³-hybridized carbons (Fsp3) is 0.552. The first-order valence-electron chi connectivity index (χ1n) is 12.8. The first-order valence-corrected chi connectivity index (χ1v) is 12.8. The molecular formula is C29H40F2N2O4. The third-order valence-corrected chi connectivity index (χ3v) is 5.97. The van der Waals surface area contributed by atoms with Crippen LogP contribution in [0.15, 0.2) is 36.4 Å². The van der Waals surface area contributed by atoms with Gasteiger partial charge in [-0.05, 0) is 68.4 Å². The van der Waals surface area contributed by atoms with E-state index in [1.165, 1.54) is 17.7 Å². The van der Waals surface area contributed by atoms with E-state index >= 15 is 0 Å². The number of aliphatic hydroxyl groups is 1. The fourth-order valence-corrected chi connectivity index (χ4v) is 4.51. The van der Waals surface area contributed by atoms with Crippen LogP contribution in [-0.4, -0.2) is 42.1 Å². The Balaban J connectivity index is 1.74. The molecule has 204 valence electrons. The molecule has 3 atom stereocenters. The number of alkyl carbamates (subject to hydrolysis) is 1. The highest BCUT2D eigenvalue weighted by Gasteiger charge is 2.28. The maximum atomic E-state index is 13.8. The molecule has 1 heterocycles. The Hall–Kier alpha value is -2.71. The summed E-state index contributed by atoms with van der Waals surface area (Å²) in [5, 5.41) is 17.2. The summed E-state index contributed by atoms with van der Waals surface area (Å²) in [5.41, 5.74) is 1.96. The molecule has 0 aromatic heterocycles. The molecule has 0 saturated carbocycles. The van der Waals surface area contributed by atoms with Gasteiger partial charge in [0.1, 0.15) is 23.0 Å². The number of ether oxygens (including phenoxy) is 2. The number of halogens is 2. The number of hydrogen-bond acceptors (Lipinski definition) is 5. The van der Waals surface area contributed by atoms with Crippen molar-refractivity contribution in [3.8, 4) is 5.75 Å². The van der Waals surface area contributed by atoms with Crippen LogP contribution in [0.25, 0.3) is 0 Å². The summed E-state index contributed by atoms with van der Waals surface area (Å²) >= 11 is 0. The van der Waals surface area contributed by atoms with E-state index in [1.807, 2.05) is 6.07 Å². The van der Waals surface area contributed by atoms with Crippen LogP contribution in [-0.2, 0) is 17.6 Å². The van der Waals surface area contributed by atoms with Gasteiger partial charge in [0, 0.05) is 30.6 Å². The van der Waals surface area contributed by atoms with Crippen LogP contribution in [0.3, 0.4) is 0 Å². The molecule has 0 spiro atoms.